The Morgan fingerprint density at radius 1 is 0.771 bits per heavy atom. The van der Waals surface area contributed by atoms with Crippen molar-refractivity contribution in [2.45, 2.75) is 18.7 Å². The zero-order valence-corrected chi connectivity index (χ0v) is 20.0. The van der Waals surface area contributed by atoms with Crippen LogP contribution < -0.4 is 4.72 Å². The van der Waals surface area contributed by atoms with E-state index in [2.05, 4.69) is 42.0 Å². The molecule has 2 aromatic heterocycles. The fourth-order valence-electron chi connectivity index (χ4n) is 4.30. The van der Waals surface area contributed by atoms with Gasteiger partial charge in [-0.2, -0.15) is 5.10 Å². The first-order valence-corrected chi connectivity index (χ1v) is 12.8. The van der Waals surface area contributed by atoms with Crippen LogP contribution in [0.4, 0.5) is 5.69 Å². The molecule has 35 heavy (non-hydrogen) atoms. The van der Waals surface area contributed by atoms with Gasteiger partial charge < -0.3 is 0 Å². The molecule has 0 radical (unpaired) electrons. The second-order valence-corrected chi connectivity index (χ2v) is 10.4. The summed E-state index contributed by atoms with van der Waals surface area (Å²) in [5.74, 6) is 0. The minimum atomic E-state index is -3.71. The van der Waals surface area contributed by atoms with Gasteiger partial charge in [-0.3, -0.25) is 4.72 Å². The van der Waals surface area contributed by atoms with Crippen molar-refractivity contribution < 1.29 is 8.42 Å². The first-order valence-electron chi connectivity index (χ1n) is 11.3. The first kappa shape index (κ1) is 21.3. The third-order valence-electron chi connectivity index (χ3n) is 6.16. The number of aryl methyl sites for hydroxylation is 2. The number of nitrogens with zero attached hydrogens (tertiary/aromatic N) is 3. The maximum atomic E-state index is 12.9. The molecule has 0 fully saturated rings. The second kappa shape index (κ2) is 7.92. The number of hydrogen-bond acceptors (Lipinski definition) is 4. The molecule has 1 N–H and O–H groups in total. The van der Waals surface area contributed by atoms with Crippen LogP contribution in [-0.4, -0.2) is 23.0 Å². The molecular formula is C28H22N4O2S. The normalized spacial score (nSPS) is 11.9. The van der Waals surface area contributed by atoms with Crippen LogP contribution in [0.3, 0.4) is 0 Å². The molecule has 0 amide bonds. The lowest BCUT2D eigenvalue weighted by atomic mass is 10.0. The maximum absolute atomic E-state index is 12.9. The van der Waals surface area contributed by atoms with Crippen LogP contribution in [0, 0.1) is 13.8 Å². The van der Waals surface area contributed by atoms with Crippen molar-refractivity contribution in [3.05, 3.63) is 102 Å². The number of aromatic nitrogens is 3. The Morgan fingerprint density at radius 3 is 2.14 bits per heavy atom. The molecule has 7 heteroatoms. The van der Waals surface area contributed by atoms with Crippen LogP contribution in [0.15, 0.2) is 95.9 Å². The van der Waals surface area contributed by atoms with Crippen LogP contribution in [0.1, 0.15) is 11.1 Å². The van der Waals surface area contributed by atoms with E-state index in [0.717, 1.165) is 38.8 Å². The van der Waals surface area contributed by atoms with E-state index in [4.69, 9.17) is 10.1 Å². The van der Waals surface area contributed by atoms with Gasteiger partial charge in [0.05, 0.1) is 27.3 Å². The second-order valence-electron chi connectivity index (χ2n) is 8.73. The summed E-state index contributed by atoms with van der Waals surface area (Å²) in [6, 6.07) is 28.5. The molecule has 0 saturated carbocycles. The van der Waals surface area contributed by atoms with E-state index in [9.17, 15) is 8.42 Å². The Labute approximate surface area is 202 Å². The molecule has 4 aromatic carbocycles. The highest BCUT2D eigenvalue weighted by Gasteiger charge is 2.17. The molecule has 0 aliphatic carbocycles. The van der Waals surface area contributed by atoms with Crippen LogP contribution >= 0.6 is 0 Å². The fourth-order valence-corrected chi connectivity index (χ4v) is 5.35. The van der Waals surface area contributed by atoms with E-state index in [1.54, 1.807) is 36.4 Å². The number of nitrogens with one attached hydrogen (secondary N) is 1. The zero-order chi connectivity index (χ0) is 24.2. The van der Waals surface area contributed by atoms with Gasteiger partial charge in [0, 0.05) is 16.3 Å². The lowest BCUT2D eigenvalue weighted by Gasteiger charge is -2.09. The first-order chi connectivity index (χ1) is 16.9. The van der Waals surface area contributed by atoms with Gasteiger partial charge in [-0.05, 0) is 44.2 Å². The van der Waals surface area contributed by atoms with Gasteiger partial charge in [-0.15, -0.1) is 0 Å². The van der Waals surface area contributed by atoms with Gasteiger partial charge in [0.1, 0.15) is 0 Å². The maximum Gasteiger partial charge on any atom is 0.261 e. The molecule has 6 nitrogen and oxygen atoms in total. The highest BCUT2D eigenvalue weighted by atomic mass is 32.2. The van der Waals surface area contributed by atoms with E-state index in [0.29, 0.717) is 11.2 Å². The van der Waals surface area contributed by atoms with E-state index in [-0.39, 0.29) is 4.90 Å². The van der Waals surface area contributed by atoms with Crippen molar-refractivity contribution in [1.29, 1.82) is 0 Å². The zero-order valence-electron chi connectivity index (χ0n) is 19.2. The summed E-state index contributed by atoms with van der Waals surface area (Å²) in [6.45, 7) is 3.98. The number of sulfonamides is 1. The summed E-state index contributed by atoms with van der Waals surface area (Å²) >= 11 is 0. The SMILES string of the molecule is Cc1ccc(-c2nn3c4ccc(NS(=O)(=O)c5ccc(C)cc5)cc4nc3c3ccccc23)cc1. The summed E-state index contributed by atoms with van der Waals surface area (Å²) in [6.07, 6.45) is 0. The van der Waals surface area contributed by atoms with Crippen molar-refractivity contribution >= 4 is 43.2 Å². The van der Waals surface area contributed by atoms with Gasteiger partial charge in [-0.1, -0.05) is 71.8 Å². The van der Waals surface area contributed by atoms with E-state index in [1.807, 2.05) is 35.7 Å². The molecular weight excluding hydrogens is 456 g/mol. The van der Waals surface area contributed by atoms with E-state index < -0.39 is 10.0 Å². The fraction of sp³-hybridized carbons (Fsp3) is 0.0714. The standard InChI is InChI=1S/C28H22N4O2S/c1-18-7-11-20(12-8-18)27-23-5-3-4-6-24(23)28-29-25-17-21(13-16-26(25)32(28)30-27)31-35(33,34)22-14-9-19(2)10-15-22/h3-17,31H,1-2H3. The van der Waals surface area contributed by atoms with Crippen molar-refractivity contribution in [2.75, 3.05) is 4.72 Å². The third kappa shape index (κ3) is 3.70. The topological polar surface area (TPSA) is 76.4 Å². The smallest absolute Gasteiger partial charge is 0.261 e. The molecule has 6 aromatic rings. The van der Waals surface area contributed by atoms with Gasteiger partial charge in [0.15, 0.2) is 5.65 Å². The number of rotatable bonds is 4. The minimum absolute atomic E-state index is 0.216. The van der Waals surface area contributed by atoms with Crippen LogP contribution in [-0.2, 0) is 10.0 Å². The quantitative estimate of drug-likeness (QED) is 0.331. The van der Waals surface area contributed by atoms with E-state index in [1.165, 1.54) is 5.56 Å². The van der Waals surface area contributed by atoms with E-state index >= 15 is 0 Å². The van der Waals surface area contributed by atoms with Gasteiger partial charge in [0.2, 0.25) is 0 Å². The summed E-state index contributed by atoms with van der Waals surface area (Å²) in [5, 5.41) is 6.96. The summed E-state index contributed by atoms with van der Waals surface area (Å²) < 4.78 is 30.3. The number of hydrogen-bond donors (Lipinski definition) is 1. The summed E-state index contributed by atoms with van der Waals surface area (Å²) in [5.41, 5.74) is 6.72. The Bertz CT molecular complexity index is 1840. The number of benzene rings is 4. The Hall–Kier alpha value is -4.23. The molecule has 0 aliphatic rings. The lowest BCUT2D eigenvalue weighted by molar-refractivity contribution is 0.601. The molecule has 0 atom stereocenters. The van der Waals surface area contributed by atoms with Crippen molar-refractivity contribution in [1.82, 2.24) is 14.6 Å². The number of anilines is 1. The van der Waals surface area contributed by atoms with Crippen LogP contribution in [0.2, 0.25) is 0 Å². The minimum Gasteiger partial charge on any atom is -0.280 e. The Kier molecular flexibility index (Phi) is 4.82. The van der Waals surface area contributed by atoms with Crippen molar-refractivity contribution in [3.63, 3.8) is 0 Å². The van der Waals surface area contributed by atoms with Crippen LogP contribution in [0.25, 0.3) is 38.7 Å². The molecule has 0 aliphatic heterocycles. The molecule has 0 saturated heterocycles. The Balaban J connectivity index is 1.50. The lowest BCUT2D eigenvalue weighted by Crippen LogP contribution is -2.12. The summed E-state index contributed by atoms with van der Waals surface area (Å²) in [4.78, 5) is 5.05. The molecule has 0 spiro atoms. The molecule has 6 rings (SSSR count). The monoisotopic (exact) mass is 478 g/mol. The highest BCUT2D eigenvalue weighted by molar-refractivity contribution is 7.92. The van der Waals surface area contributed by atoms with Crippen molar-refractivity contribution in [3.8, 4) is 11.3 Å². The largest absolute Gasteiger partial charge is 0.280 e. The summed E-state index contributed by atoms with van der Waals surface area (Å²) in [7, 11) is -3.71. The predicted octanol–water partition coefficient (Wildman–Crippen LogP) is 6.12. The molecule has 0 unspecified atom stereocenters. The van der Waals surface area contributed by atoms with Gasteiger partial charge in [0.25, 0.3) is 10.0 Å². The molecule has 0 bridgehead atoms. The van der Waals surface area contributed by atoms with Crippen LogP contribution in [0.5, 0.6) is 0 Å². The average Bonchev–Trinajstić information content (AvgIpc) is 3.22. The highest BCUT2D eigenvalue weighted by Crippen LogP contribution is 2.32. The van der Waals surface area contributed by atoms with Gasteiger partial charge >= 0.3 is 0 Å². The number of fused-ring (bicyclic) bond motifs is 5. The molecule has 2 heterocycles. The van der Waals surface area contributed by atoms with Gasteiger partial charge in [-0.25, -0.2) is 17.9 Å². The molecule has 172 valence electrons. The predicted molar refractivity (Wildman–Crippen MR) is 140 cm³/mol. The third-order valence-corrected chi connectivity index (χ3v) is 7.56. The number of imidazole rings is 1. The Morgan fingerprint density at radius 2 is 1.43 bits per heavy atom. The van der Waals surface area contributed by atoms with Crippen molar-refractivity contribution in [2.24, 2.45) is 0 Å². The average molecular weight is 479 g/mol.